The topological polar surface area (TPSA) is 20.2 Å². The zero-order chi connectivity index (χ0) is 15.0. The van der Waals surface area contributed by atoms with Crippen molar-refractivity contribution in [2.45, 2.75) is 66.2 Å². The van der Waals surface area contributed by atoms with Crippen molar-refractivity contribution in [3.63, 3.8) is 0 Å². The second-order valence-electron chi connectivity index (χ2n) is 7.45. The van der Waals surface area contributed by atoms with Gasteiger partial charge in [0.05, 0.1) is 0 Å². The molecule has 0 aliphatic rings. The van der Waals surface area contributed by atoms with E-state index in [-0.39, 0.29) is 10.8 Å². The van der Waals surface area contributed by atoms with Gasteiger partial charge in [0.15, 0.2) is 0 Å². The lowest BCUT2D eigenvalue weighted by Crippen LogP contribution is -2.28. The van der Waals surface area contributed by atoms with Gasteiger partial charge in [0.1, 0.15) is 5.75 Å². The van der Waals surface area contributed by atoms with Crippen molar-refractivity contribution in [2.75, 3.05) is 0 Å². The van der Waals surface area contributed by atoms with E-state index < -0.39 is 0 Å². The average Bonchev–Trinajstić information content (AvgIpc) is 2.28. The molecule has 1 nitrogen and oxygen atoms in total. The van der Waals surface area contributed by atoms with E-state index in [2.05, 4.69) is 73.6 Å². The summed E-state index contributed by atoms with van der Waals surface area (Å²) in [6.07, 6.45) is 0. The molecule has 1 N–H and O–H groups in total. The van der Waals surface area contributed by atoms with Crippen LogP contribution in [-0.2, 0) is 10.8 Å². The molecule has 1 aromatic rings. The molecule has 0 fully saturated rings. The average molecular weight is 262 g/mol. The van der Waals surface area contributed by atoms with Gasteiger partial charge in [0, 0.05) is 11.1 Å². The third kappa shape index (κ3) is 2.80. The molecule has 1 heteroatoms. The van der Waals surface area contributed by atoms with Crippen LogP contribution in [0.5, 0.6) is 5.75 Å². The fraction of sp³-hybridized carbons (Fsp3) is 0.667. The molecule has 1 rings (SSSR count). The molecule has 0 spiro atoms. The Morgan fingerprint density at radius 3 is 1.37 bits per heavy atom. The maximum atomic E-state index is 10.8. The highest BCUT2D eigenvalue weighted by Crippen LogP contribution is 2.43. The van der Waals surface area contributed by atoms with Gasteiger partial charge in [0.2, 0.25) is 0 Å². The Balaban J connectivity index is 3.43. The molecule has 0 saturated heterocycles. The van der Waals surface area contributed by atoms with E-state index in [0.717, 1.165) is 11.1 Å². The van der Waals surface area contributed by atoms with Gasteiger partial charge in [-0.25, -0.2) is 0 Å². The van der Waals surface area contributed by atoms with Crippen LogP contribution in [0.3, 0.4) is 0 Å². The van der Waals surface area contributed by atoms with Crippen molar-refractivity contribution >= 4 is 0 Å². The predicted octanol–water partition coefficient (Wildman–Crippen LogP) is 5.26. The lowest BCUT2D eigenvalue weighted by atomic mass is 9.70. The largest absolute Gasteiger partial charge is 0.507 e. The van der Waals surface area contributed by atoms with Crippen LogP contribution in [0.15, 0.2) is 18.2 Å². The Bertz CT molecular complexity index is 401. The van der Waals surface area contributed by atoms with Crippen molar-refractivity contribution < 1.29 is 5.11 Å². The third-order valence-electron chi connectivity index (χ3n) is 5.31. The van der Waals surface area contributed by atoms with E-state index in [1.165, 1.54) is 0 Å². The minimum absolute atomic E-state index is 0.0207. The summed E-state index contributed by atoms with van der Waals surface area (Å²) in [6, 6.07) is 6.21. The highest BCUT2D eigenvalue weighted by Gasteiger charge is 2.33. The molecule has 0 aromatic heterocycles. The van der Waals surface area contributed by atoms with Crippen LogP contribution in [0.1, 0.15) is 66.5 Å². The molecule has 0 aliphatic carbocycles. The summed E-state index contributed by atoms with van der Waals surface area (Å²) in [5.74, 6) is 1.45. The van der Waals surface area contributed by atoms with Crippen LogP contribution in [-0.4, -0.2) is 5.11 Å². The molecule has 0 saturated carbocycles. The first kappa shape index (κ1) is 16.1. The summed E-state index contributed by atoms with van der Waals surface area (Å²) in [7, 11) is 0. The summed E-state index contributed by atoms with van der Waals surface area (Å²) >= 11 is 0. The normalized spacial score (nSPS) is 13.4. The molecular weight excluding hydrogens is 232 g/mol. The maximum Gasteiger partial charge on any atom is 0.123 e. The molecule has 0 heterocycles. The van der Waals surface area contributed by atoms with E-state index >= 15 is 0 Å². The minimum atomic E-state index is -0.0207. The summed E-state index contributed by atoms with van der Waals surface area (Å²) in [5, 5.41) is 10.8. The predicted molar refractivity (Wildman–Crippen MR) is 83.8 cm³/mol. The number of hydrogen-bond donors (Lipinski definition) is 1. The Morgan fingerprint density at radius 2 is 1.11 bits per heavy atom. The maximum absolute atomic E-state index is 10.8. The van der Waals surface area contributed by atoms with Crippen molar-refractivity contribution in [3.8, 4) is 5.75 Å². The first-order valence-electron chi connectivity index (χ1n) is 7.35. The molecule has 108 valence electrons. The van der Waals surface area contributed by atoms with Crippen molar-refractivity contribution in [1.29, 1.82) is 0 Å². The number of phenols is 1. The highest BCUT2D eigenvalue weighted by atomic mass is 16.3. The fourth-order valence-corrected chi connectivity index (χ4v) is 2.21. The quantitative estimate of drug-likeness (QED) is 0.784. The summed E-state index contributed by atoms with van der Waals surface area (Å²) in [4.78, 5) is 0. The first-order valence-corrected chi connectivity index (χ1v) is 7.35. The van der Waals surface area contributed by atoms with Crippen LogP contribution in [0.2, 0.25) is 0 Å². The van der Waals surface area contributed by atoms with E-state index in [9.17, 15) is 5.11 Å². The van der Waals surface area contributed by atoms with Crippen LogP contribution in [0, 0.1) is 11.8 Å². The SMILES string of the molecule is CC(C)C(C)(C)c1cccc(C(C)(C)C(C)C)c1O. The Labute approximate surface area is 119 Å². The number of aromatic hydroxyl groups is 1. The number of para-hydroxylation sites is 1. The van der Waals surface area contributed by atoms with Gasteiger partial charge in [-0.3, -0.25) is 0 Å². The zero-order valence-corrected chi connectivity index (χ0v) is 13.8. The standard InChI is InChI=1S/C18H30O/c1-12(2)17(5,6)14-10-9-11-15(16(14)19)18(7,8)13(3)4/h9-13,19H,1-8H3. The van der Waals surface area contributed by atoms with Crippen LogP contribution in [0.25, 0.3) is 0 Å². The van der Waals surface area contributed by atoms with Gasteiger partial charge in [-0.15, -0.1) is 0 Å². The monoisotopic (exact) mass is 262 g/mol. The molecule has 1 aromatic carbocycles. The Morgan fingerprint density at radius 1 is 0.789 bits per heavy atom. The minimum Gasteiger partial charge on any atom is -0.507 e. The van der Waals surface area contributed by atoms with Gasteiger partial charge in [0.25, 0.3) is 0 Å². The molecule has 0 bridgehead atoms. The number of benzene rings is 1. The Kier molecular flexibility index (Phi) is 4.39. The van der Waals surface area contributed by atoms with Gasteiger partial charge in [-0.1, -0.05) is 73.6 Å². The van der Waals surface area contributed by atoms with Crippen molar-refractivity contribution in [1.82, 2.24) is 0 Å². The van der Waals surface area contributed by atoms with E-state index in [0.29, 0.717) is 17.6 Å². The molecular formula is C18H30O. The smallest absolute Gasteiger partial charge is 0.123 e. The van der Waals surface area contributed by atoms with Crippen LogP contribution in [0.4, 0.5) is 0 Å². The van der Waals surface area contributed by atoms with Crippen LogP contribution >= 0.6 is 0 Å². The molecule has 0 atom stereocenters. The number of hydrogen-bond acceptors (Lipinski definition) is 1. The summed E-state index contributed by atoms with van der Waals surface area (Å²) in [6.45, 7) is 17.7. The molecule has 19 heavy (non-hydrogen) atoms. The lowest BCUT2D eigenvalue weighted by molar-refractivity contribution is 0.328. The van der Waals surface area contributed by atoms with Gasteiger partial charge < -0.3 is 5.11 Å². The molecule has 0 unspecified atom stereocenters. The third-order valence-corrected chi connectivity index (χ3v) is 5.31. The lowest BCUT2D eigenvalue weighted by Gasteiger charge is -2.35. The highest BCUT2D eigenvalue weighted by molar-refractivity contribution is 5.48. The number of rotatable bonds is 4. The van der Waals surface area contributed by atoms with Crippen LogP contribution < -0.4 is 0 Å². The molecule has 0 radical (unpaired) electrons. The van der Waals surface area contributed by atoms with Crippen molar-refractivity contribution in [2.24, 2.45) is 11.8 Å². The second-order valence-corrected chi connectivity index (χ2v) is 7.45. The molecule has 0 aliphatic heterocycles. The van der Waals surface area contributed by atoms with Crippen molar-refractivity contribution in [3.05, 3.63) is 29.3 Å². The second kappa shape index (κ2) is 5.19. The summed E-state index contributed by atoms with van der Waals surface area (Å²) < 4.78 is 0. The van der Waals surface area contributed by atoms with Gasteiger partial charge in [-0.2, -0.15) is 0 Å². The first-order chi connectivity index (χ1) is 8.52. The van der Waals surface area contributed by atoms with Gasteiger partial charge >= 0.3 is 0 Å². The van der Waals surface area contributed by atoms with Gasteiger partial charge in [-0.05, 0) is 22.7 Å². The fourth-order valence-electron chi connectivity index (χ4n) is 2.21. The van der Waals surface area contributed by atoms with E-state index in [1.54, 1.807) is 0 Å². The molecule has 0 amide bonds. The Hall–Kier alpha value is -0.980. The number of phenolic OH excluding ortho intramolecular Hbond substituents is 1. The van der Waals surface area contributed by atoms with E-state index in [4.69, 9.17) is 0 Å². The zero-order valence-electron chi connectivity index (χ0n) is 13.8. The summed E-state index contributed by atoms with van der Waals surface area (Å²) in [5.41, 5.74) is 2.09. The van der Waals surface area contributed by atoms with E-state index in [1.807, 2.05) is 0 Å².